The molecule has 33 heavy (non-hydrogen) atoms. The van der Waals surface area contributed by atoms with Crippen molar-refractivity contribution in [2.24, 2.45) is 4.99 Å². The lowest BCUT2D eigenvalue weighted by atomic mass is 9.96. The van der Waals surface area contributed by atoms with Gasteiger partial charge < -0.3 is 15.5 Å². The summed E-state index contributed by atoms with van der Waals surface area (Å²) in [6.07, 6.45) is 4.37. The Morgan fingerprint density at radius 3 is 2.27 bits per heavy atom. The number of halogens is 2. The minimum atomic E-state index is -0.0310. The Morgan fingerprint density at radius 2 is 1.58 bits per heavy atom. The molecule has 1 atom stereocenters. The zero-order valence-corrected chi connectivity index (χ0v) is 19.9. The van der Waals surface area contributed by atoms with Gasteiger partial charge in [-0.3, -0.25) is 4.99 Å². The molecule has 0 amide bonds. The van der Waals surface area contributed by atoms with Gasteiger partial charge in [0, 0.05) is 27.5 Å². The SMILES string of the molecule is CC(C)/N=C1/C=C2C(C=C1Nc1ccc(Cl)cc1)Nc1ccccc1N2c1ccc(Cl)cc1. The van der Waals surface area contributed by atoms with E-state index in [-0.39, 0.29) is 12.1 Å². The summed E-state index contributed by atoms with van der Waals surface area (Å²) < 4.78 is 0. The molecule has 2 aliphatic rings. The molecule has 4 nitrogen and oxygen atoms in total. The molecule has 3 aromatic rings. The average molecular weight is 475 g/mol. The number of hydrogen-bond acceptors (Lipinski definition) is 4. The maximum Gasteiger partial charge on any atom is 0.0878 e. The fourth-order valence-corrected chi connectivity index (χ4v) is 4.37. The number of anilines is 4. The second-order valence-electron chi connectivity index (χ2n) is 8.34. The average Bonchev–Trinajstić information content (AvgIpc) is 2.80. The van der Waals surface area contributed by atoms with Crippen LogP contribution >= 0.6 is 23.2 Å². The maximum atomic E-state index is 6.18. The smallest absolute Gasteiger partial charge is 0.0878 e. The number of fused-ring (bicyclic) bond motifs is 2. The van der Waals surface area contributed by atoms with Gasteiger partial charge in [-0.25, -0.2) is 0 Å². The highest BCUT2D eigenvalue weighted by Gasteiger charge is 2.32. The number of aliphatic imine (C=N–C) groups is 1. The van der Waals surface area contributed by atoms with Crippen molar-refractivity contribution in [2.45, 2.75) is 25.9 Å². The molecule has 166 valence electrons. The topological polar surface area (TPSA) is 39.7 Å². The van der Waals surface area contributed by atoms with Crippen molar-refractivity contribution in [3.05, 3.63) is 106 Å². The van der Waals surface area contributed by atoms with E-state index in [1.165, 1.54) is 0 Å². The van der Waals surface area contributed by atoms with Crippen LogP contribution in [0.1, 0.15) is 13.8 Å². The van der Waals surface area contributed by atoms with Crippen LogP contribution in [0.2, 0.25) is 10.0 Å². The van der Waals surface area contributed by atoms with Gasteiger partial charge in [-0.05, 0) is 86.7 Å². The van der Waals surface area contributed by atoms with Gasteiger partial charge in [0.05, 0.1) is 34.5 Å². The number of para-hydroxylation sites is 2. The van der Waals surface area contributed by atoms with Crippen molar-refractivity contribution in [1.29, 1.82) is 0 Å². The van der Waals surface area contributed by atoms with Gasteiger partial charge in [0.15, 0.2) is 0 Å². The minimum absolute atomic E-state index is 0.0310. The van der Waals surface area contributed by atoms with Crippen LogP contribution in [0, 0.1) is 0 Å². The Balaban J connectivity index is 1.61. The summed E-state index contributed by atoms with van der Waals surface area (Å²) >= 11 is 12.3. The van der Waals surface area contributed by atoms with E-state index < -0.39 is 0 Å². The van der Waals surface area contributed by atoms with Crippen LogP contribution in [0.15, 0.2) is 101 Å². The minimum Gasteiger partial charge on any atom is -0.372 e. The summed E-state index contributed by atoms with van der Waals surface area (Å²) in [6.45, 7) is 4.17. The number of nitrogens with zero attached hydrogens (tertiary/aromatic N) is 2. The fourth-order valence-electron chi connectivity index (χ4n) is 4.12. The molecule has 0 spiro atoms. The maximum absolute atomic E-state index is 6.18. The Hall–Kier alpha value is -3.21. The fraction of sp³-hybridized carbons (Fsp3) is 0.148. The van der Waals surface area contributed by atoms with Crippen molar-refractivity contribution >= 4 is 51.7 Å². The largest absolute Gasteiger partial charge is 0.372 e. The molecule has 0 fully saturated rings. The van der Waals surface area contributed by atoms with Crippen LogP contribution in [0.4, 0.5) is 22.7 Å². The van der Waals surface area contributed by atoms with E-state index in [0.717, 1.165) is 39.9 Å². The molecule has 1 unspecified atom stereocenters. The summed E-state index contributed by atoms with van der Waals surface area (Å²) in [6, 6.07) is 24.1. The number of hydrogen-bond donors (Lipinski definition) is 2. The number of nitrogens with one attached hydrogen (secondary N) is 2. The molecule has 1 aliphatic carbocycles. The molecule has 3 aromatic carbocycles. The highest BCUT2D eigenvalue weighted by atomic mass is 35.5. The van der Waals surface area contributed by atoms with Crippen molar-refractivity contribution in [1.82, 2.24) is 0 Å². The summed E-state index contributed by atoms with van der Waals surface area (Å²) in [5.41, 5.74) is 7.15. The first-order valence-corrected chi connectivity index (χ1v) is 11.7. The zero-order chi connectivity index (χ0) is 22.9. The normalized spacial score (nSPS) is 18.3. The predicted octanol–water partition coefficient (Wildman–Crippen LogP) is 7.67. The van der Waals surface area contributed by atoms with Crippen LogP contribution in [-0.4, -0.2) is 17.8 Å². The van der Waals surface area contributed by atoms with Crippen molar-refractivity contribution in [3.8, 4) is 0 Å². The van der Waals surface area contributed by atoms with Crippen LogP contribution in [-0.2, 0) is 0 Å². The van der Waals surface area contributed by atoms with Crippen molar-refractivity contribution in [3.63, 3.8) is 0 Å². The van der Waals surface area contributed by atoms with E-state index in [1.807, 2.05) is 54.6 Å². The van der Waals surface area contributed by atoms with Gasteiger partial charge in [0.1, 0.15) is 0 Å². The number of rotatable bonds is 4. The lowest BCUT2D eigenvalue weighted by molar-refractivity contribution is 0.833. The van der Waals surface area contributed by atoms with Crippen LogP contribution in [0.5, 0.6) is 0 Å². The Kier molecular flexibility index (Phi) is 5.88. The zero-order valence-electron chi connectivity index (χ0n) is 18.4. The molecule has 1 heterocycles. The van der Waals surface area contributed by atoms with Crippen LogP contribution in [0.3, 0.4) is 0 Å². The molecule has 1 aliphatic heterocycles. The van der Waals surface area contributed by atoms with E-state index >= 15 is 0 Å². The summed E-state index contributed by atoms with van der Waals surface area (Å²) in [7, 11) is 0. The lowest BCUT2D eigenvalue weighted by Gasteiger charge is -2.40. The van der Waals surface area contributed by atoms with E-state index in [1.54, 1.807) is 0 Å². The Morgan fingerprint density at radius 1 is 0.909 bits per heavy atom. The van der Waals surface area contributed by atoms with E-state index in [4.69, 9.17) is 28.2 Å². The summed E-state index contributed by atoms with van der Waals surface area (Å²) in [5.74, 6) is 0. The highest BCUT2D eigenvalue weighted by molar-refractivity contribution is 6.31. The van der Waals surface area contributed by atoms with Gasteiger partial charge >= 0.3 is 0 Å². The number of benzene rings is 3. The molecular formula is C27H24Cl2N4. The quantitative estimate of drug-likeness (QED) is 0.407. The number of allylic oxidation sites excluding steroid dienone is 1. The third-order valence-corrected chi connectivity index (χ3v) is 6.04. The third-order valence-electron chi connectivity index (χ3n) is 5.53. The Bertz CT molecular complexity index is 1260. The molecule has 0 aromatic heterocycles. The highest BCUT2D eigenvalue weighted by Crippen LogP contribution is 2.43. The third kappa shape index (κ3) is 4.50. The van der Waals surface area contributed by atoms with Crippen molar-refractivity contribution < 1.29 is 0 Å². The van der Waals surface area contributed by atoms with E-state index in [0.29, 0.717) is 10.0 Å². The second-order valence-corrected chi connectivity index (χ2v) is 9.21. The first-order valence-electron chi connectivity index (χ1n) is 10.9. The first-order chi connectivity index (χ1) is 16.0. The lowest BCUT2D eigenvalue weighted by Crippen LogP contribution is -2.39. The second kappa shape index (κ2) is 8.97. The van der Waals surface area contributed by atoms with Gasteiger partial charge in [-0.1, -0.05) is 35.3 Å². The first kappa shape index (κ1) is 21.6. The van der Waals surface area contributed by atoms with Gasteiger partial charge in [-0.15, -0.1) is 0 Å². The summed E-state index contributed by atoms with van der Waals surface area (Å²) in [4.78, 5) is 7.20. The molecule has 0 radical (unpaired) electrons. The molecule has 0 bridgehead atoms. The van der Waals surface area contributed by atoms with E-state index in [9.17, 15) is 0 Å². The van der Waals surface area contributed by atoms with Crippen LogP contribution in [0.25, 0.3) is 0 Å². The molecule has 0 saturated heterocycles. The monoisotopic (exact) mass is 474 g/mol. The Labute approximate surface area is 204 Å². The molecule has 2 N–H and O–H groups in total. The molecule has 6 heteroatoms. The van der Waals surface area contributed by atoms with Gasteiger partial charge in [0.25, 0.3) is 0 Å². The molecular weight excluding hydrogens is 451 g/mol. The van der Waals surface area contributed by atoms with Crippen LogP contribution < -0.4 is 15.5 Å². The van der Waals surface area contributed by atoms with Gasteiger partial charge in [-0.2, -0.15) is 0 Å². The molecule has 5 rings (SSSR count). The molecule has 0 saturated carbocycles. The standard InChI is InChI=1S/C27H24Cl2N4/c1-17(2)30-24-16-27-25(15-23(24)31-20-11-7-18(28)8-12-20)32-22-5-3-4-6-26(22)33(27)21-13-9-19(29)10-14-21/h3-17,25,31-32H,1-2H3/b30-24-. The van der Waals surface area contributed by atoms with Gasteiger partial charge in [0.2, 0.25) is 0 Å². The summed E-state index contributed by atoms with van der Waals surface area (Å²) in [5, 5.41) is 8.64. The predicted molar refractivity (Wildman–Crippen MR) is 141 cm³/mol. The van der Waals surface area contributed by atoms with Crippen molar-refractivity contribution in [2.75, 3.05) is 15.5 Å². The van der Waals surface area contributed by atoms with E-state index in [2.05, 4.69) is 59.7 Å².